The second-order valence-electron chi connectivity index (χ2n) is 14.1. The van der Waals surface area contributed by atoms with Crippen molar-refractivity contribution in [3.8, 4) is 46.0 Å². The fourth-order valence-electron chi connectivity index (χ4n) is 5.23. The molecule has 0 aromatic heterocycles. The van der Waals surface area contributed by atoms with Gasteiger partial charge >= 0.3 is 76.3 Å². The van der Waals surface area contributed by atoms with Gasteiger partial charge in [0.25, 0.3) is 0 Å². The number of halogens is 4. The van der Waals surface area contributed by atoms with Gasteiger partial charge in [0.15, 0.2) is 11.6 Å². The predicted molar refractivity (Wildman–Crippen MR) is 287 cm³/mol. The van der Waals surface area contributed by atoms with Crippen molar-refractivity contribution in [2.75, 3.05) is 91.5 Å². The van der Waals surface area contributed by atoms with Gasteiger partial charge in [0.05, 0.1) is 65.3 Å². The van der Waals surface area contributed by atoms with E-state index < -0.39 is 0 Å². The molecular weight excluding hydrogens is 1370 g/mol. The number of para-hydroxylation sites is 4. The maximum atomic E-state index is 11.9. The van der Waals surface area contributed by atoms with E-state index in [-0.39, 0.29) is 133 Å². The second-order valence-corrected chi connectivity index (χ2v) is 15.7. The minimum absolute atomic E-state index is 0. The Hall–Kier alpha value is -3.99. The van der Waals surface area contributed by atoms with Crippen LogP contribution in [0.3, 0.4) is 0 Å². The van der Waals surface area contributed by atoms with Gasteiger partial charge in [-0.05, 0) is 72.5 Å². The van der Waals surface area contributed by atoms with Crippen LogP contribution in [0, 0.1) is 76.3 Å². The molecule has 0 atom stereocenters. The van der Waals surface area contributed by atoms with E-state index in [1.54, 1.807) is 97.7 Å². The van der Waals surface area contributed by atoms with Gasteiger partial charge in [0.2, 0.25) is 0 Å². The number of nitrogens with zero attached hydrogens (tertiary/aromatic N) is 4. The summed E-state index contributed by atoms with van der Waals surface area (Å²) in [6.45, 7) is 10.2. The van der Waals surface area contributed by atoms with E-state index in [2.05, 4.69) is 30.6 Å². The van der Waals surface area contributed by atoms with E-state index in [1.165, 1.54) is 56.1 Å². The van der Waals surface area contributed by atoms with Crippen molar-refractivity contribution < 1.29 is 136 Å². The van der Waals surface area contributed by atoms with Crippen LogP contribution in [0.1, 0.15) is 49.9 Å². The molecule has 0 aliphatic carbocycles. The smallest absolute Gasteiger partial charge is 0.876 e. The zero-order chi connectivity index (χ0) is 56.1. The fraction of sp³-hybridized carbons (Fsp3) is 0.346. The average molecular weight is 1430 g/mol. The van der Waals surface area contributed by atoms with Crippen LogP contribution in [0.4, 0.5) is 0 Å². The largest absolute Gasteiger partial charge is 3.00 e. The number of aliphatic imine (C=N–C) groups is 4. The number of rotatable bonds is 22. The van der Waals surface area contributed by atoms with E-state index in [0.29, 0.717) is 97.6 Å². The number of benzene rings is 4. The molecule has 0 saturated heterocycles. The molecular formula is C52H64Cl4Dy2N6O12. The van der Waals surface area contributed by atoms with Gasteiger partial charge in [-0.3, -0.25) is 29.6 Å². The standard InChI is InChI=1S/2C20H25N3O4.2C5H8O2.2CH2Cl2.2Dy/c2*1-26-17-7-3-5-15(19(17)24)13-22-11-9-21-10-12-23-14-16-6-4-8-18(27-2)20(16)25;2*1-4(6)3-5(2)7;2*2-1-3;;/h2*3-8,13-14,21,24-25H,9-12H2,1-2H3;2*3,6H,1-2H3;2*1H2;;/q;;;;;;2*+3/p-6/b;;2*4-3-;;;;. The molecule has 0 aliphatic heterocycles. The number of carbonyl (C=O) groups excluding carboxylic acids is 2. The number of nitrogens with one attached hydrogen (secondary N) is 2. The van der Waals surface area contributed by atoms with Gasteiger partial charge in [0.1, 0.15) is 23.0 Å². The van der Waals surface area contributed by atoms with Crippen LogP contribution in [-0.2, 0) is 9.59 Å². The van der Waals surface area contributed by atoms with Crippen molar-refractivity contribution in [2.45, 2.75) is 27.7 Å². The molecule has 0 unspecified atom stereocenters. The Balaban J connectivity index is -0.000000494. The van der Waals surface area contributed by atoms with E-state index in [1.807, 2.05) is 0 Å². The van der Waals surface area contributed by atoms with Crippen LogP contribution in [0.15, 0.2) is 116 Å². The molecule has 0 heterocycles. The molecule has 0 amide bonds. The van der Waals surface area contributed by atoms with Gasteiger partial charge < -0.3 is 60.2 Å². The molecule has 4 rings (SSSR count). The monoisotopic (exact) mass is 1430 g/mol. The molecule has 2 N–H and O–H groups in total. The first kappa shape index (κ1) is 78.5. The number of carbonyl (C=O) groups is 2. The van der Waals surface area contributed by atoms with Crippen molar-refractivity contribution in [1.82, 2.24) is 10.6 Å². The maximum Gasteiger partial charge on any atom is 3.00 e. The third kappa shape index (κ3) is 39.4. The Kier molecular flexibility index (Phi) is 53.4. The molecule has 0 spiro atoms. The first-order valence-corrected chi connectivity index (χ1v) is 24.3. The third-order valence-corrected chi connectivity index (χ3v) is 8.32. The van der Waals surface area contributed by atoms with Gasteiger partial charge in [-0.15, -0.1) is 57.9 Å². The fourth-order valence-corrected chi connectivity index (χ4v) is 5.23. The molecule has 4 aromatic carbocycles. The van der Waals surface area contributed by atoms with Crippen molar-refractivity contribution >= 4 is 82.8 Å². The van der Waals surface area contributed by atoms with Crippen LogP contribution in [0.25, 0.3) is 0 Å². The molecule has 24 heteroatoms. The van der Waals surface area contributed by atoms with Crippen molar-refractivity contribution in [2.24, 2.45) is 20.0 Å². The van der Waals surface area contributed by atoms with E-state index in [4.69, 9.17) is 65.4 Å². The maximum absolute atomic E-state index is 11.9. The zero-order valence-corrected chi connectivity index (χ0v) is 50.4. The van der Waals surface area contributed by atoms with E-state index >= 15 is 0 Å². The summed E-state index contributed by atoms with van der Waals surface area (Å²) >= 11 is 19.1. The summed E-state index contributed by atoms with van der Waals surface area (Å²) in [4.78, 5) is 36.9. The molecule has 18 nitrogen and oxygen atoms in total. The van der Waals surface area contributed by atoms with E-state index in [9.17, 15) is 40.2 Å². The number of methoxy groups -OCH3 is 4. The second kappa shape index (κ2) is 51.7. The minimum atomic E-state index is -0.187. The Labute approximate surface area is 527 Å². The van der Waals surface area contributed by atoms with Crippen molar-refractivity contribution in [3.63, 3.8) is 0 Å². The van der Waals surface area contributed by atoms with Crippen LogP contribution in [0.2, 0.25) is 0 Å². The molecule has 2 radical (unpaired) electrons. The number of ether oxygens (including phenoxy) is 4. The molecule has 422 valence electrons. The van der Waals surface area contributed by atoms with Crippen molar-refractivity contribution in [3.05, 3.63) is 119 Å². The zero-order valence-electron chi connectivity index (χ0n) is 43.3. The van der Waals surface area contributed by atoms with Gasteiger partial charge in [-0.1, -0.05) is 85.4 Å². The Bertz CT molecular complexity index is 2100. The number of ketones is 2. The summed E-state index contributed by atoms with van der Waals surface area (Å²) in [5.41, 5.74) is 2.02. The summed E-state index contributed by atoms with van der Waals surface area (Å²) < 4.78 is 20.0. The number of alkyl halides is 4. The van der Waals surface area contributed by atoms with Crippen LogP contribution < -0.4 is 60.2 Å². The normalized spacial score (nSPS) is 10.6. The number of hydrogen-bond donors (Lipinski definition) is 2. The summed E-state index contributed by atoms with van der Waals surface area (Å²) in [7, 11) is 5.87. The number of allylic oxidation sites excluding steroid dienone is 4. The summed E-state index contributed by atoms with van der Waals surface area (Å²) in [6.07, 6.45) is 8.35. The summed E-state index contributed by atoms with van der Waals surface area (Å²) in [5.74, 6) is -0.163. The summed E-state index contributed by atoms with van der Waals surface area (Å²) in [5, 5.41) is 74.5. The first-order valence-electron chi connectivity index (χ1n) is 22.1. The van der Waals surface area contributed by atoms with Crippen molar-refractivity contribution in [1.29, 1.82) is 0 Å². The van der Waals surface area contributed by atoms with Gasteiger partial charge in [-0.25, -0.2) is 0 Å². The molecule has 0 aliphatic rings. The van der Waals surface area contributed by atoms with E-state index in [0.717, 1.165) is 12.2 Å². The third-order valence-electron chi connectivity index (χ3n) is 8.32. The first-order chi connectivity index (χ1) is 35.4. The van der Waals surface area contributed by atoms with Crippen LogP contribution >= 0.6 is 46.4 Å². The predicted octanol–water partition coefficient (Wildman–Crippen LogP) is 4.48. The Morgan fingerprint density at radius 2 is 0.645 bits per heavy atom. The van der Waals surface area contributed by atoms with Crippen LogP contribution in [-0.4, -0.2) is 128 Å². The van der Waals surface area contributed by atoms with Crippen LogP contribution in [0.5, 0.6) is 46.0 Å². The summed E-state index contributed by atoms with van der Waals surface area (Å²) in [6, 6.07) is 20.4. The Morgan fingerprint density at radius 3 is 0.789 bits per heavy atom. The quantitative estimate of drug-likeness (QED) is 0.0361. The van der Waals surface area contributed by atoms with Gasteiger partial charge in [-0.2, -0.15) is 0 Å². The molecule has 0 saturated carbocycles. The minimum Gasteiger partial charge on any atom is -0.876 e. The number of hydrogen-bond acceptors (Lipinski definition) is 18. The molecule has 0 fully saturated rings. The molecule has 0 bridgehead atoms. The average Bonchev–Trinajstić information content (AvgIpc) is 3.35. The SMILES string of the molecule is CC(=O)/C=C(/C)[O-].CC(=O)/C=C(/C)[O-].COc1cccc(C=NCCNCCN=Cc2cccc(OC)c2[O-])c1[O-].COc1cccc(C=NCCNCCN=Cc2cccc(OC)c2[O-])c1[O-].ClCCl.ClCCl.[Dy+3].[Dy+3]. The topological polar surface area (TPSA) is 283 Å². The van der Waals surface area contributed by atoms with Gasteiger partial charge in [0, 0.05) is 51.0 Å². The molecule has 76 heavy (non-hydrogen) atoms. The molecule has 4 aromatic rings. The Morgan fingerprint density at radius 1 is 0.447 bits per heavy atom.